The number of nitrogens with zero attached hydrogens (tertiary/aromatic N) is 1. The number of aliphatic hydroxyl groups excluding tert-OH is 1. The molecule has 0 aromatic carbocycles. The summed E-state index contributed by atoms with van der Waals surface area (Å²) in [6, 6.07) is 5.50. The van der Waals surface area contributed by atoms with Gasteiger partial charge in [0.25, 0.3) is 0 Å². The Morgan fingerprint density at radius 1 is 1.53 bits per heavy atom. The fraction of sp³-hybridized carbons (Fsp3) is 0.500. The van der Waals surface area contributed by atoms with E-state index < -0.39 is 0 Å². The molecular formula is C12H17NO3S. The summed E-state index contributed by atoms with van der Waals surface area (Å²) in [6.07, 6.45) is 2.34. The average Bonchev–Trinajstić information content (AvgIpc) is 2.35. The smallest absolute Gasteiger partial charge is 0.198 e. The summed E-state index contributed by atoms with van der Waals surface area (Å²) in [5, 5.41) is 9.35. The fourth-order valence-corrected chi connectivity index (χ4v) is 1.94. The van der Waals surface area contributed by atoms with Crippen molar-refractivity contribution in [2.75, 3.05) is 19.8 Å². The summed E-state index contributed by atoms with van der Waals surface area (Å²) in [7, 11) is 0. The van der Waals surface area contributed by atoms with Crippen molar-refractivity contribution in [1.29, 1.82) is 0 Å². The van der Waals surface area contributed by atoms with E-state index in [1.807, 2.05) is 25.1 Å². The second-order valence-corrected chi connectivity index (χ2v) is 4.64. The molecule has 0 fully saturated rings. The summed E-state index contributed by atoms with van der Waals surface area (Å²) in [4.78, 5) is 15.9. The van der Waals surface area contributed by atoms with Gasteiger partial charge in [-0.25, -0.2) is 4.98 Å². The van der Waals surface area contributed by atoms with Gasteiger partial charge in [-0.15, -0.1) is 0 Å². The molecule has 1 atom stereocenters. The zero-order chi connectivity index (χ0) is 12.5. The van der Waals surface area contributed by atoms with Gasteiger partial charge in [-0.3, -0.25) is 4.79 Å². The molecule has 4 nitrogen and oxygen atoms in total. The molecule has 0 spiro atoms. The number of aliphatic hydroxyl groups is 1. The fourth-order valence-electron chi connectivity index (χ4n) is 1.16. The van der Waals surface area contributed by atoms with Gasteiger partial charge in [0.2, 0.25) is 0 Å². The molecule has 0 radical (unpaired) electrons. The zero-order valence-corrected chi connectivity index (χ0v) is 10.7. The highest BCUT2D eigenvalue weighted by Gasteiger charge is 2.14. The van der Waals surface area contributed by atoms with Crippen LogP contribution in [0.15, 0.2) is 29.4 Å². The number of carbonyl (C=O) groups excluding carboxylic acids is 1. The van der Waals surface area contributed by atoms with Crippen LogP contribution in [0.4, 0.5) is 0 Å². The number of carbonyl (C=O) groups is 1. The molecule has 0 saturated heterocycles. The minimum Gasteiger partial charge on any atom is -0.394 e. The van der Waals surface area contributed by atoms with Crippen molar-refractivity contribution in [2.24, 2.45) is 5.92 Å². The van der Waals surface area contributed by atoms with Crippen LogP contribution < -0.4 is 0 Å². The van der Waals surface area contributed by atoms with E-state index in [-0.39, 0.29) is 17.6 Å². The van der Waals surface area contributed by atoms with Crippen LogP contribution in [-0.2, 0) is 9.53 Å². The molecule has 0 amide bonds. The second-order valence-electron chi connectivity index (χ2n) is 3.61. The van der Waals surface area contributed by atoms with Gasteiger partial charge in [0.15, 0.2) is 5.12 Å². The zero-order valence-electron chi connectivity index (χ0n) is 9.83. The predicted molar refractivity (Wildman–Crippen MR) is 66.8 cm³/mol. The molecule has 1 unspecified atom stereocenters. The third kappa shape index (κ3) is 5.81. The number of thioether (sulfide) groups is 1. The van der Waals surface area contributed by atoms with Crippen LogP contribution in [0.5, 0.6) is 0 Å². The van der Waals surface area contributed by atoms with Crippen LogP contribution in [0.3, 0.4) is 0 Å². The number of hydrogen-bond acceptors (Lipinski definition) is 5. The lowest BCUT2D eigenvalue weighted by atomic mass is 10.1. The van der Waals surface area contributed by atoms with Crippen LogP contribution in [-0.4, -0.2) is 35.0 Å². The monoisotopic (exact) mass is 255 g/mol. The highest BCUT2D eigenvalue weighted by Crippen LogP contribution is 2.21. The normalized spacial score (nSPS) is 12.4. The predicted octanol–water partition coefficient (Wildman–Crippen LogP) is 1.74. The molecule has 0 saturated carbocycles. The largest absolute Gasteiger partial charge is 0.394 e. The van der Waals surface area contributed by atoms with Gasteiger partial charge in [0, 0.05) is 18.7 Å². The minimum atomic E-state index is -0.0688. The van der Waals surface area contributed by atoms with Crippen LogP contribution in [0.1, 0.15) is 13.3 Å². The van der Waals surface area contributed by atoms with E-state index >= 15 is 0 Å². The molecule has 0 aliphatic rings. The Morgan fingerprint density at radius 2 is 2.35 bits per heavy atom. The van der Waals surface area contributed by atoms with Crippen molar-refractivity contribution < 1.29 is 14.6 Å². The van der Waals surface area contributed by atoms with E-state index in [9.17, 15) is 4.79 Å². The molecule has 5 heteroatoms. The lowest BCUT2D eigenvalue weighted by molar-refractivity contribution is -0.114. The van der Waals surface area contributed by atoms with Crippen molar-refractivity contribution in [1.82, 2.24) is 4.98 Å². The molecular weight excluding hydrogens is 238 g/mol. The Hall–Kier alpha value is -0.910. The number of pyridine rings is 1. The average molecular weight is 255 g/mol. The van der Waals surface area contributed by atoms with Gasteiger partial charge in [0.05, 0.1) is 13.2 Å². The maximum atomic E-state index is 11.8. The number of aromatic nitrogens is 1. The Balaban J connectivity index is 2.27. The van der Waals surface area contributed by atoms with Gasteiger partial charge < -0.3 is 9.84 Å². The van der Waals surface area contributed by atoms with E-state index in [0.29, 0.717) is 19.6 Å². The molecule has 1 rings (SSSR count). The van der Waals surface area contributed by atoms with Crippen molar-refractivity contribution >= 4 is 16.9 Å². The van der Waals surface area contributed by atoms with E-state index in [2.05, 4.69) is 4.98 Å². The van der Waals surface area contributed by atoms with E-state index in [1.165, 1.54) is 0 Å². The lowest BCUT2D eigenvalue weighted by Gasteiger charge is -2.09. The number of ether oxygens (including phenoxy) is 1. The molecule has 0 aliphatic heterocycles. The molecule has 1 aromatic rings. The second kappa shape index (κ2) is 8.22. The first-order valence-electron chi connectivity index (χ1n) is 5.55. The first kappa shape index (κ1) is 14.2. The molecule has 1 aromatic heterocycles. The Morgan fingerprint density at radius 3 is 3.00 bits per heavy atom. The molecule has 94 valence electrons. The molecule has 0 bridgehead atoms. The lowest BCUT2D eigenvalue weighted by Crippen LogP contribution is -2.11. The highest BCUT2D eigenvalue weighted by molar-refractivity contribution is 8.13. The number of hydrogen-bond donors (Lipinski definition) is 1. The molecule has 0 aliphatic carbocycles. The third-order valence-corrected chi connectivity index (χ3v) is 3.23. The molecule has 1 heterocycles. The van der Waals surface area contributed by atoms with Gasteiger partial charge in [-0.05, 0) is 30.3 Å². The Bertz CT molecular complexity index is 332. The van der Waals surface area contributed by atoms with Gasteiger partial charge in [0.1, 0.15) is 5.03 Å². The van der Waals surface area contributed by atoms with Crippen LogP contribution in [0.2, 0.25) is 0 Å². The van der Waals surface area contributed by atoms with Crippen molar-refractivity contribution in [2.45, 2.75) is 18.4 Å². The van der Waals surface area contributed by atoms with E-state index in [0.717, 1.165) is 16.8 Å². The highest BCUT2D eigenvalue weighted by atomic mass is 32.2. The third-order valence-electron chi connectivity index (χ3n) is 2.18. The summed E-state index contributed by atoms with van der Waals surface area (Å²) < 4.78 is 5.13. The van der Waals surface area contributed by atoms with Crippen molar-refractivity contribution in [3.05, 3.63) is 24.4 Å². The van der Waals surface area contributed by atoms with Crippen molar-refractivity contribution in [3.63, 3.8) is 0 Å². The molecule has 17 heavy (non-hydrogen) atoms. The maximum Gasteiger partial charge on any atom is 0.198 e. The topological polar surface area (TPSA) is 59.4 Å². The van der Waals surface area contributed by atoms with Crippen LogP contribution >= 0.6 is 11.8 Å². The van der Waals surface area contributed by atoms with E-state index in [4.69, 9.17) is 9.84 Å². The minimum absolute atomic E-state index is 0.0189. The Kier molecular flexibility index (Phi) is 6.84. The Labute approximate surface area is 105 Å². The van der Waals surface area contributed by atoms with Gasteiger partial charge in [-0.1, -0.05) is 13.0 Å². The van der Waals surface area contributed by atoms with Gasteiger partial charge >= 0.3 is 0 Å². The number of rotatable bonds is 7. The standard InChI is InChI=1S/C12H17NO3S/c1-10(5-8-16-9-7-14)12(15)17-11-4-2-3-6-13-11/h2-4,6,10,14H,5,7-9H2,1H3. The molecule has 1 N–H and O–H groups in total. The van der Waals surface area contributed by atoms with Crippen molar-refractivity contribution in [3.8, 4) is 0 Å². The van der Waals surface area contributed by atoms with Crippen LogP contribution in [0, 0.1) is 5.92 Å². The summed E-state index contributed by atoms with van der Waals surface area (Å²) in [6.45, 7) is 2.72. The first-order chi connectivity index (χ1) is 8.24. The summed E-state index contributed by atoms with van der Waals surface area (Å²) >= 11 is 1.16. The van der Waals surface area contributed by atoms with E-state index in [1.54, 1.807) is 6.20 Å². The first-order valence-corrected chi connectivity index (χ1v) is 6.37. The SMILES string of the molecule is CC(CCOCCO)C(=O)Sc1ccccn1. The van der Waals surface area contributed by atoms with Crippen LogP contribution in [0.25, 0.3) is 0 Å². The quantitative estimate of drug-likeness (QED) is 0.594. The summed E-state index contributed by atoms with van der Waals surface area (Å²) in [5.41, 5.74) is 0. The summed E-state index contributed by atoms with van der Waals surface area (Å²) in [5.74, 6) is -0.0688. The van der Waals surface area contributed by atoms with Gasteiger partial charge in [-0.2, -0.15) is 0 Å². The maximum absolute atomic E-state index is 11.8.